The van der Waals surface area contributed by atoms with Crippen LogP contribution < -0.4 is 0 Å². The third-order valence-corrected chi connectivity index (χ3v) is 7.93. The highest BCUT2D eigenvalue weighted by atomic mass is 16.8. The molecule has 0 aromatic carbocycles. The molecule has 0 bridgehead atoms. The molecule has 0 spiro atoms. The molecule has 4 rings (SSSR count). The van der Waals surface area contributed by atoms with Crippen molar-refractivity contribution in [1.82, 2.24) is 0 Å². The lowest BCUT2D eigenvalue weighted by Gasteiger charge is -2.69. The lowest BCUT2D eigenvalue weighted by atomic mass is 9.40. The Hall–Kier alpha value is -2.16. The largest absolute Gasteiger partial charge is 0.458 e. The molecule has 0 N–H and O–H groups in total. The van der Waals surface area contributed by atoms with Crippen LogP contribution in [0.4, 0.5) is 0 Å². The minimum atomic E-state index is -1.61. The standard InChI is InChI=1S/C23H32O9/c1-11(24)29-17-15-8-20(5,6)9-16(15)21(7)18-22(17,31-13(3)26)10-28-23(18,32-14(4)27)19(21)30-12(2)25/h15-19H,8-10H2,1-7H3/t15-,16+,17+,18-,19+,21-,22-,23-/m1/s1. The summed E-state index contributed by atoms with van der Waals surface area (Å²) < 4.78 is 29.3. The van der Waals surface area contributed by atoms with E-state index in [0.717, 1.165) is 12.8 Å². The minimum absolute atomic E-state index is 0.0368. The summed E-state index contributed by atoms with van der Waals surface area (Å²) in [6.45, 7) is 11.3. The van der Waals surface area contributed by atoms with E-state index in [1.807, 2.05) is 6.92 Å². The molecule has 9 nitrogen and oxygen atoms in total. The van der Waals surface area contributed by atoms with E-state index in [1.54, 1.807) is 0 Å². The molecule has 1 aliphatic heterocycles. The summed E-state index contributed by atoms with van der Waals surface area (Å²) in [5.74, 6) is -4.65. The zero-order chi connectivity index (χ0) is 23.9. The van der Waals surface area contributed by atoms with Crippen LogP contribution in [0, 0.1) is 28.6 Å². The van der Waals surface area contributed by atoms with Crippen molar-refractivity contribution in [2.45, 2.75) is 84.9 Å². The summed E-state index contributed by atoms with van der Waals surface area (Å²) >= 11 is 0. The van der Waals surface area contributed by atoms with Crippen LogP contribution in [0.25, 0.3) is 0 Å². The number of ether oxygens (including phenoxy) is 5. The summed E-state index contributed by atoms with van der Waals surface area (Å²) in [5, 5.41) is 0. The van der Waals surface area contributed by atoms with E-state index < -0.39 is 58.8 Å². The van der Waals surface area contributed by atoms with Crippen LogP contribution in [-0.4, -0.2) is 54.1 Å². The van der Waals surface area contributed by atoms with Gasteiger partial charge in [0, 0.05) is 39.0 Å². The lowest BCUT2D eigenvalue weighted by molar-refractivity contribution is -0.401. The number of carbonyl (C=O) groups is 4. The second-order valence-corrected chi connectivity index (χ2v) is 10.8. The fourth-order valence-electron chi connectivity index (χ4n) is 7.56. The van der Waals surface area contributed by atoms with E-state index >= 15 is 0 Å². The molecule has 0 amide bonds. The van der Waals surface area contributed by atoms with E-state index in [0.29, 0.717) is 0 Å². The summed E-state index contributed by atoms with van der Waals surface area (Å²) in [4.78, 5) is 48.7. The summed E-state index contributed by atoms with van der Waals surface area (Å²) in [7, 11) is 0. The molecular formula is C23H32O9. The average molecular weight is 453 g/mol. The van der Waals surface area contributed by atoms with Crippen molar-refractivity contribution in [2.75, 3.05) is 6.61 Å². The molecule has 0 aromatic rings. The van der Waals surface area contributed by atoms with Crippen molar-refractivity contribution in [1.29, 1.82) is 0 Å². The number of fused-ring (bicyclic) bond motifs is 2. The van der Waals surface area contributed by atoms with E-state index in [9.17, 15) is 19.2 Å². The molecular weight excluding hydrogens is 420 g/mol. The zero-order valence-corrected chi connectivity index (χ0v) is 19.7. The highest BCUT2D eigenvalue weighted by Crippen LogP contribution is 2.77. The maximum atomic E-state index is 12.3. The Bertz CT molecular complexity index is 881. The molecule has 1 saturated heterocycles. The molecule has 0 aromatic heterocycles. The van der Waals surface area contributed by atoms with Crippen LogP contribution in [0.3, 0.4) is 0 Å². The van der Waals surface area contributed by atoms with Gasteiger partial charge in [-0.15, -0.1) is 0 Å². The predicted octanol–water partition coefficient (Wildman–Crippen LogP) is 2.14. The van der Waals surface area contributed by atoms with Gasteiger partial charge in [0.25, 0.3) is 5.79 Å². The first kappa shape index (κ1) is 23.0. The quantitative estimate of drug-likeness (QED) is 0.467. The molecule has 4 aliphatic rings. The smallest absolute Gasteiger partial charge is 0.305 e. The van der Waals surface area contributed by atoms with Crippen LogP contribution >= 0.6 is 0 Å². The SMILES string of the molecule is CC(=O)O[C@@H]1[C@@]2(OC(C)=O)OC[C@]3(OC(C)=O)[C@H]2[C@@]1(C)[C@H]1CC(C)(C)C[C@H]1[C@@H]3OC(C)=O. The van der Waals surface area contributed by atoms with Crippen LogP contribution in [0.2, 0.25) is 0 Å². The van der Waals surface area contributed by atoms with Gasteiger partial charge in [0.05, 0.1) is 12.5 Å². The normalized spacial score (nSPS) is 45.0. The lowest BCUT2D eigenvalue weighted by Crippen LogP contribution is -2.83. The Morgan fingerprint density at radius 2 is 1.41 bits per heavy atom. The second-order valence-electron chi connectivity index (χ2n) is 10.8. The third kappa shape index (κ3) is 2.92. The fourth-order valence-corrected chi connectivity index (χ4v) is 7.56. The molecule has 0 unspecified atom stereocenters. The Balaban J connectivity index is 1.93. The molecule has 32 heavy (non-hydrogen) atoms. The summed E-state index contributed by atoms with van der Waals surface area (Å²) in [6, 6.07) is 0. The first-order valence-corrected chi connectivity index (χ1v) is 11.1. The molecule has 1 heterocycles. The monoisotopic (exact) mass is 452 g/mol. The Labute approximate surface area is 187 Å². The summed E-state index contributed by atoms with van der Waals surface area (Å²) in [6.07, 6.45) is -0.135. The molecule has 0 radical (unpaired) electrons. The highest BCUT2D eigenvalue weighted by Gasteiger charge is 2.91. The van der Waals surface area contributed by atoms with Gasteiger partial charge in [-0.3, -0.25) is 19.2 Å². The number of esters is 4. The molecule has 3 aliphatic carbocycles. The molecule has 8 atom stereocenters. The van der Waals surface area contributed by atoms with Gasteiger partial charge in [-0.05, 0) is 24.2 Å². The Morgan fingerprint density at radius 3 is 1.94 bits per heavy atom. The number of hydrogen-bond acceptors (Lipinski definition) is 9. The first-order chi connectivity index (χ1) is 14.7. The van der Waals surface area contributed by atoms with Gasteiger partial charge < -0.3 is 23.7 Å². The number of hydrogen-bond donors (Lipinski definition) is 0. The molecule has 178 valence electrons. The fraction of sp³-hybridized carbons (Fsp3) is 0.826. The van der Waals surface area contributed by atoms with Crippen molar-refractivity contribution in [2.24, 2.45) is 28.6 Å². The first-order valence-electron chi connectivity index (χ1n) is 11.1. The molecule has 4 fully saturated rings. The van der Waals surface area contributed by atoms with Crippen LogP contribution in [0.5, 0.6) is 0 Å². The number of carbonyl (C=O) groups excluding carboxylic acids is 4. The van der Waals surface area contributed by atoms with Gasteiger partial charge in [-0.25, -0.2) is 0 Å². The molecule has 9 heteroatoms. The highest BCUT2D eigenvalue weighted by molar-refractivity contribution is 5.70. The van der Waals surface area contributed by atoms with Gasteiger partial charge in [0.1, 0.15) is 6.10 Å². The zero-order valence-electron chi connectivity index (χ0n) is 19.7. The van der Waals surface area contributed by atoms with Crippen LogP contribution in [-0.2, 0) is 42.9 Å². The van der Waals surface area contributed by atoms with Gasteiger partial charge >= 0.3 is 23.9 Å². The third-order valence-electron chi connectivity index (χ3n) is 7.93. The second kappa shape index (κ2) is 6.92. The van der Waals surface area contributed by atoms with Crippen molar-refractivity contribution in [3.63, 3.8) is 0 Å². The Morgan fingerprint density at radius 1 is 0.812 bits per heavy atom. The topological polar surface area (TPSA) is 114 Å². The van der Waals surface area contributed by atoms with E-state index in [2.05, 4.69) is 13.8 Å². The van der Waals surface area contributed by atoms with Crippen LogP contribution in [0.1, 0.15) is 61.3 Å². The van der Waals surface area contributed by atoms with Crippen molar-refractivity contribution < 1.29 is 42.9 Å². The van der Waals surface area contributed by atoms with Gasteiger partial charge in [-0.1, -0.05) is 20.8 Å². The average Bonchev–Trinajstić information content (AvgIpc) is 3.10. The Kier molecular flexibility index (Phi) is 4.98. The predicted molar refractivity (Wildman–Crippen MR) is 108 cm³/mol. The van der Waals surface area contributed by atoms with Crippen LogP contribution in [0.15, 0.2) is 0 Å². The minimum Gasteiger partial charge on any atom is -0.458 e. The number of rotatable bonds is 4. The van der Waals surface area contributed by atoms with E-state index in [-0.39, 0.29) is 23.9 Å². The van der Waals surface area contributed by atoms with Crippen molar-refractivity contribution in [3.05, 3.63) is 0 Å². The van der Waals surface area contributed by atoms with E-state index in [1.165, 1.54) is 27.7 Å². The molecule has 3 saturated carbocycles. The maximum Gasteiger partial charge on any atom is 0.305 e. The summed E-state index contributed by atoms with van der Waals surface area (Å²) in [5.41, 5.74) is -2.16. The maximum absolute atomic E-state index is 12.3. The van der Waals surface area contributed by atoms with Crippen molar-refractivity contribution in [3.8, 4) is 0 Å². The van der Waals surface area contributed by atoms with Gasteiger partial charge in [-0.2, -0.15) is 0 Å². The van der Waals surface area contributed by atoms with E-state index in [4.69, 9.17) is 23.7 Å². The van der Waals surface area contributed by atoms with Gasteiger partial charge in [0.15, 0.2) is 11.7 Å². The van der Waals surface area contributed by atoms with Crippen molar-refractivity contribution >= 4 is 23.9 Å². The van der Waals surface area contributed by atoms with Gasteiger partial charge in [0.2, 0.25) is 0 Å².